The highest BCUT2D eigenvalue weighted by molar-refractivity contribution is 6.09. The summed E-state index contributed by atoms with van der Waals surface area (Å²) in [5, 5.41) is 0. The molecule has 11 heteroatoms. The van der Waals surface area contributed by atoms with Crippen molar-refractivity contribution in [2.45, 2.75) is 6.43 Å². The second-order valence-corrected chi connectivity index (χ2v) is 8.74. The number of imidazole rings is 1. The van der Waals surface area contributed by atoms with E-state index in [9.17, 15) is 13.6 Å². The number of ether oxygens (including phenoxy) is 2. The van der Waals surface area contributed by atoms with E-state index in [1.54, 1.807) is 72.8 Å². The molecule has 6 rings (SSSR count). The number of hydrogen-bond donors (Lipinski definition) is 0. The topological polar surface area (TPSA) is 95.3 Å². The monoisotopic (exact) mass is 528 g/mol. The predicted octanol–water partition coefficient (Wildman–Crippen LogP) is 5.01. The number of morpholine rings is 1. The predicted molar refractivity (Wildman–Crippen MR) is 139 cm³/mol. The van der Waals surface area contributed by atoms with Crippen LogP contribution in [-0.2, 0) is 4.74 Å². The Kier molecular flexibility index (Phi) is 6.64. The van der Waals surface area contributed by atoms with Crippen molar-refractivity contribution in [2.24, 2.45) is 0 Å². The van der Waals surface area contributed by atoms with Gasteiger partial charge in [0.1, 0.15) is 5.75 Å². The molecule has 3 heterocycles. The van der Waals surface area contributed by atoms with Crippen LogP contribution in [0.3, 0.4) is 0 Å². The summed E-state index contributed by atoms with van der Waals surface area (Å²) in [5.74, 6) is -0.143. The van der Waals surface area contributed by atoms with Gasteiger partial charge in [-0.1, -0.05) is 54.6 Å². The number of benzene rings is 3. The molecule has 5 aromatic rings. The molecule has 0 radical (unpaired) electrons. The number of carbonyl (C=O) groups excluding carboxylic acids is 1. The molecule has 196 valence electrons. The van der Waals surface area contributed by atoms with E-state index in [4.69, 9.17) is 9.47 Å². The lowest BCUT2D eigenvalue weighted by molar-refractivity contribution is 0.103. The second kappa shape index (κ2) is 10.5. The van der Waals surface area contributed by atoms with Gasteiger partial charge >= 0.3 is 6.01 Å². The van der Waals surface area contributed by atoms with Gasteiger partial charge in [0.25, 0.3) is 6.43 Å². The molecule has 3 aromatic carbocycles. The van der Waals surface area contributed by atoms with Gasteiger partial charge in [0, 0.05) is 24.2 Å². The molecule has 0 amide bonds. The zero-order valence-corrected chi connectivity index (χ0v) is 20.6. The van der Waals surface area contributed by atoms with Gasteiger partial charge in [-0.3, -0.25) is 9.36 Å². The number of fused-ring (bicyclic) bond motifs is 1. The Labute approximate surface area is 221 Å². The minimum atomic E-state index is -2.87. The normalized spacial score (nSPS) is 13.7. The van der Waals surface area contributed by atoms with E-state index >= 15 is 0 Å². The fourth-order valence-corrected chi connectivity index (χ4v) is 4.35. The van der Waals surface area contributed by atoms with Gasteiger partial charge in [0.05, 0.1) is 24.2 Å². The number of para-hydroxylation sites is 2. The molecule has 0 saturated carbocycles. The second-order valence-electron chi connectivity index (χ2n) is 8.74. The van der Waals surface area contributed by atoms with Crippen LogP contribution >= 0.6 is 0 Å². The molecule has 0 aliphatic carbocycles. The lowest BCUT2D eigenvalue weighted by Gasteiger charge is -2.27. The average molecular weight is 529 g/mol. The third-order valence-corrected chi connectivity index (χ3v) is 6.21. The van der Waals surface area contributed by atoms with Crippen molar-refractivity contribution in [1.29, 1.82) is 0 Å². The molecule has 0 atom stereocenters. The highest BCUT2D eigenvalue weighted by Crippen LogP contribution is 2.29. The van der Waals surface area contributed by atoms with E-state index in [2.05, 4.69) is 19.9 Å². The Balaban J connectivity index is 1.42. The molecule has 1 fully saturated rings. The molecule has 39 heavy (non-hydrogen) atoms. The van der Waals surface area contributed by atoms with Crippen LogP contribution in [0.1, 0.15) is 28.2 Å². The van der Waals surface area contributed by atoms with Gasteiger partial charge in [-0.2, -0.15) is 15.0 Å². The van der Waals surface area contributed by atoms with Crippen LogP contribution in [-0.4, -0.2) is 56.6 Å². The molecule has 0 bridgehead atoms. The summed E-state index contributed by atoms with van der Waals surface area (Å²) in [6, 6.07) is 22.2. The Morgan fingerprint density at radius 3 is 2.33 bits per heavy atom. The number of halogens is 2. The molecule has 0 unspecified atom stereocenters. The first-order valence-electron chi connectivity index (χ1n) is 12.3. The first kappa shape index (κ1) is 24.6. The Morgan fingerprint density at radius 2 is 1.54 bits per heavy atom. The molecule has 1 aliphatic heterocycles. The fraction of sp³-hybridized carbons (Fsp3) is 0.179. The summed E-state index contributed by atoms with van der Waals surface area (Å²) >= 11 is 0. The van der Waals surface area contributed by atoms with Crippen molar-refractivity contribution in [1.82, 2.24) is 24.5 Å². The summed E-state index contributed by atoms with van der Waals surface area (Å²) in [6.07, 6.45) is -2.87. The van der Waals surface area contributed by atoms with E-state index in [1.807, 2.05) is 11.0 Å². The highest BCUT2D eigenvalue weighted by Gasteiger charge is 2.25. The van der Waals surface area contributed by atoms with E-state index in [0.29, 0.717) is 54.2 Å². The standard InChI is InChI=1S/C28H22F2N6O3/c29-24(30)25-31-21-11-4-5-12-22(21)36(25)27-32-26(35-13-15-38-16-14-35)33-28(34-27)39-20-10-6-9-19(17-20)23(37)18-7-2-1-3-8-18/h1-12,17,24H,13-16H2. The molecule has 2 aromatic heterocycles. The van der Waals surface area contributed by atoms with Crippen LogP contribution in [0, 0.1) is 0 Å². The summed E-state index contributed by atoms with van der Waals surface area (Å²) in [4.78, 5) is 32.3. The van der Waals surface area contributed by atoms with Gasteiger partial charge in [-0.25, -0.2) is 13.8 Å². The number of alkyl halides is 2. The first-order valence-corrected chi connectivity index (χ1v) is 12.3. The largest absolute Gasteiger partial charge is 0.424 e. The van der Waals surface area contributed by atoms with Gasteiger partial charge in [0.2, 0.25) is 11.9 Å². The zero-order chi connectivity index (χ0) is 26.8. The number of rotatable bonds is 7. The summed E-state index contributed by atoms with van der Waals surface area (Å²) in [7, 11) is 0. The van der Waals surface area contributed by atoms with Crippen LogP contribution in [0.2, 0.25) is 0 Å². The Hall–Kier alpha value is -4.77. The van der Waals surface area contributed by atoms with Crippen molar-refractivity contribution in [3.8, 4) is 17.7 Å². The van der Waals surface area contributed by atoms with Crippen molar-refractivity contribution in [3.05, 3.63) is 95.8 Å². The molecule has 1 aliphatic rings. The maximum Gasteiger partial charge on any atom is 0.328 e. The molecular formula is C28H22F2N6O3. The van der Waals surface area contributed by atoms with Crippen molar-refractivity contribution < 1.29 is 23.0 Å². The smallest absolute Gasteiger partial charge is 0.328 e. The third-order valence-electron chi connectivity index (χ3n) is 6.21. The van der Waals surface area contributed by atoms with Gasteiger partial charge in [0.15, 0.2) is 11.6 Å². The third kappa shape index (κ3) is 5.04. The molecule has 1 saturated heterocycles. The van der Waals surface area contributed by atoms with Crippen molar-refractivity contribution >= 4 is 22.8 Å². The first-order chi connectivity index (χ1) is 19.1. The Morgan fingerprint density at radius 1 is 0.821 bits per heavy atom. The van der Waals surface area contributed by atoms with Crippen LogP contribution in [0.15, 0.2) is 78.9 Å². The lowest BCUT2D eigenvalue weighted by Crippen LogP contribution is -2.37. The SMILES string of the molecule is O=C(c1ccccc1)c1cccc(Oc2nc(N3CCOCC3)nc(-n3c(C(F)F)nc4ccccc43)n2)c1. The van der Waals surface area contributed by atoms with Gasteiger partial charge in [-0.15, -0.1) is 0 Å². The molecule has 9 nitrogen and oxygen atoms in total. The van der Waals surface area contributed by atoms with E-state index in [1.165, 1.54) is 4.57 Å². The van der Waals surface area contributed by atoms with E-state index in [0.717, 1.165) is 0 Å². The number of nitrogens with zero attached hydrogens (tertiary/aromatic N) is 6. The Bertz CT molecular complexity index is 1640. The van der Waals surface area contributed by atoms with Crippen LogP contribution in [0.4, 0.5) is 14.7 Å². The highest BCUT2D eigenvalue weighted by atomic mass is 19.3. The van der Waals surface area contributed by atoms with Crippen LogP contribution in [0.25, 0.3) is 17.0 Å². The number of ketones is 1. The average Bonchev–Trinajstić information content (AvgIpc) is 3.38. The maximum absolute atomic E-state index is 14.1. The minimum Gasteiger partial charge on any atom is -0.424 e. The summed E-state index contributed by atoms with van der Waals surface area (Å²) < 4.78 is 40.8. The van der Waals surface area contributed by atoms with Gasteiger partial charge in [-0.05, 0) is 24.3 Å². The molecule has 0 N–H and O–H groups in total. The van der Waals surface area contributed by atoms with Crippen LogP contribution in [0.5, 0.6) is 11.8 Å². The zero-order valence-electron chi connectivity index (χ0n) is 20.6. The number of aromatic nitrogens is 5. The van der Waals surface area contributed by atoms with E-state index < -0.39 is 12.2 Å². The maximum atomic E-state index is 14.1. The van der Waals surface area contributed by atoms with Crippen molar-refractivity contribution in [3.63, 3.8) is 0 Å². The summed E-state index contributed by atoms with van der Waals surface area (Å²) in [5.41, 5.74) is 1.77. The fourth-order valence-electron chi connectivity index (χ4n) is 4.35. The summed E-state index contributed by atoms with van der Waals surface area (Å²) in [6.45, 7) is 1.96. The molecule has 0 spiro atoms. The van der Waals surface area contributed by atoms with Crippen molar-refractivity contribution in [2.75, 3.05) is 31.2 Å². The number of hydrogen-bond acceptors (Lipinski definition) is 8. The van der Waals surface area contributed by atoms with Gasteiger partial charge < -0.3 is 14.4 Å². The van der Waals surface area contributed by atoms with Crippen LogP contribution < -0.4 is 9.64 Å². The quantitative estimate of drug-likeness (QED) is 0.272. The number of carbonyl (C=O) groups is 1. The number of anilines is 1. The minimum absolute atomic E-state index is 0.0537. The van der Waals surface area contributed by atoms with E-state index in [-0.39, 0.29) is 23.7 Å². The molecular weight excluding hydrogens is 506 g/mol. The lowest BCUT2D eigenvalue weighted by atomic mass is 10.0.